The summed E-state index contributed by atoms with van der Waals surface area (Å²) in [4.78, 5) is 14.5. The predicted molar refractivity (Wildman–Crippen MR) is 114 cm³/mol. The van der Waals surface area contributed by atoms with Crippen LogP contribution in [0.3, 0.4) is 0 Å². The molecule has 1 atom stereocenters. The Hall–Kier alpha value is -1.59. The third-order valence-corrected chi connectivity index (χ3v) is 6.77. The van der Waals surface area contributed by atoms with Crippen LogP contribution in [0.25, 0.3) is 0 Å². The molecule has 1 amide bonds. The van der Waals surface area contributed by atoms with Gasteiger partial charge in [-0.2, -0.15) is 0 Å². The Balaban J connectivity index is 1.66. The summed E-state index contributed by atoms with van der Waals surface area (Å²) in [6.45, 7) is 1.86. The number of carbonyl (C=O) groups excluding carboxylic acids is 1. The first kappa shape index (κ1) is 19.2. The van der Waals surface area contributed by atoms with Crippen LogP contribution in [0.15, 0.2) is 59.5 Å². The zero-order valence-corrected chi connectivity index (χ0v) is 16.8. The molecule has 1 aliphatic heterocycles. The molecular formula is C21H26N2OS2. The Bertz CT molecular complexity index is 678. The molecule has 1 saturated heterocycles. The molecular weight excluding hydrogens is 360 g/mol. The average Bonchev–Trinajstić information content (AvgIpc) is 3.16. The lowest BCUT2D eigenvalue weighted by molar-refractivity contribution is -0.118. The van der Waals surface area contributed by atoms with E-state index in [1.54, 1.807) is 11.8 Å². The van der Waals surface area contributed by atoms with Gasteiger partial charge in [0, 0.05) is 35.5 Å². The van der Waals surface area contributed by atoms with Gasteiger partial charge in [0.15, 0.2) is 0 Å². The van der Waals surface area contributed by atoms with Crippen LogP contribution in [-0.2, 0) is 11.2 Å². The monoisotopic (exact) mass is 386 g/mol. The van der Waals surface area contributed by atoms with Crippen molar-refractivity contribution in [1.82, 2.24) is 4.90 Å². The summed E-state index contributed by atoms with van der Waals surface area (Å²) in [5.41, 5.74) is 2.59. The molecule has 0 spiro atoms. The van der Waals surface area contributed by atoms with Gasteiger partial charge in [-0.3, -0.25) is 4.79 Å². The minimum Gasteiger partial charge on any atom is -0.341 e. The van der Waals surface area contributed by atoms with E-state index in [1.165, 1.54) is 16.1 Å². The summed E-state index contributed by atoms with van der Waals surface area (Å²) in [6.07, 6.45) is 6.37. The summed E-state index contributed by atoms with van der Waals surface area (Å²) < 4.78 is 2.39. The molecule has 138 valence electrons. The average molecular weight is 387 g/mol. The zero-order valence-electron chi connectivity index (χ0n) is 15.2. The van der Waals surface area contributed by atoms with Gasteiger partial charge in [-0.15, -0.1) is 11.8 Å². The van der Waals surface area contributed by atoms with E-state index in [-0.39, 0.29) is 0 Å². The van der Waals surface area contributed by atoms with Gasteiger partial charge in [0.05, 0.1) is 0 Å². The third-order valence-electron chi connectivity index (χ3n) is 4.79. The first-order chi connectivity index (χ1) is 12.8. The molecule has 1 heterocycles. The quantitative estimate of drug-likeness (QED) is 0.353. The van der Waals surface area contributed by atoms with Crippen LogP contribution >= 0.6 is 23.7 Å². The molecule has 1 fully saturated rings. The molecule has 26 heavy (non-hydrogen) atoms. The Labute approximate surface area is 165 Å². The van der Waals surface area contributed by atoms with Crippen LogP contribution in [0.5, 0.6) is 0 Å². The summed E-state index contributed by atoms with van der Waals surface area (Å²) in [7, 11) is 0. The largest absolute Gasteiger partial charge is 0.341 e. The first-order valence-electron chi connectivity index (χ1n) is 9.09. The molecule has 0 aromatic heterocycles. The number of hydrogen-bond donors (Lipinski definition) is 0. The molecule has 1 unspecified atom stereocenters. The molecule has 1 aliphatic rings. The Kier molecular flexibility index (Phi) is 7.32. The summed E-state index contributed by atoms with van der Waals surface area (Å²) in [6, 6.07) is 19.8. The smallest absolute Gasteiger partial charge is 0.209 e. The van der Waals surface area contributed by atoms with Crippen molar-refractivity contribution in [2.45, 2.75) is 30.2 Å². The van der Waals surface area contributed by atoms with E-state index < -0.39 is 0 Å². The summed E-state index contributed by atoms with van der Waals surface area (Å²) >= 11 is 3.62. The third kappa shape index (κ3) is 5.21. The van der Waals surface area contributed by atoms with Crippen LogP contribution in [0.4, 0.5) is 5.69 Å². The maximum atomic E-state index is 11.2. The van der Waals surface area contributed by atoms with Crippen molar-refractivity contribution in [3.05, 3.63) is 60.2 Å². The molecule has 0 aliphatic carbocycles. The minimum atomic E-state index is 0.363. The number of nitrogens with zero attached hydrogens (tertiary/aromatic N) is 2. The van der Waals surface area contributed by atoms with Crippen LogP contribution in [0, 0.1) is 0 Å². The Morgan fingerprint density at radius 1 is 1.15 bits per heavy atom. The topological polar surface area (TPSA) is 23.6 Å². The van der Waals surface area contributed by atoms with E-state index in [0.717, 1.165) is 44.5 Å². The summed E-state index contributed by atoms with van der Waals surface area (Å²) in [5, 5.41) is 0. The Morgan fingerprint density at radius 2 is 1.92 bits per heavy atom. The molecule has 2 aromatic rings. The maximum absolute atomic E-state index is 11.2. The van der Waals surface area contributed by atoms with E-state index in [2.05, 4.69) is 65.2 Å². The maximum Gasteiger partial charge on any atom is 0.209 e. The van der Waals surface area contributed by atoms with Crippen LogP contribution < -0.4 is 4.31 Å². The second-order valence-corrected chi connectivity index (χ2v) is 8.38. The van der Waals surface area contributed by atoms with Gasteiger partial charge in [-0.1, -0.05) is 30.3 Å². The molecule has 3 nitrogen and oxygen atoms in total. The highest BCUT2D eigenvalue weighted by Gasteiger charge is 2.24. The zero-order chi connectivity index (χ0) is 18.2. The number of amides is 1. The van der Waals surface area contributed by atoms with Crippen molar-refractivity contribution in [2.24, 2.45) is 0 Å². The fourth-order valence-electron chi connectivity index (χ4n) is 3.24. The second-order valence-electron chi connectivity index (χ2n) is 6.47. The van der Waals surface area contributed by atoms with E-state index in [0.29, 0.717) is 6.04 Å². The fraction of sp³-hybridized carbons (Fsp3) is 0.381. The lowest BCUT2D eigenvalue weighted by Gasteiger charge is -2.27. The van der Waals surface area contributed by atoms with E-state index in [1.807, 2.05) is 16.8 Å². The van der Waals surface area contributed by atoms with Crippen molar-refractivity contribution in [1.29, 1.82) is 0 Å². The van der Waals surface area contributed by atoms with Crippen molar-refractivity contribution in [2.75, 3.05) is 29.4 Å². The van der Waals surface area contributed by atoms with Crippen molar-refractivity contribution in [3.8, 4) is 0 Å². The number of likely N-dealkylation sites (tertiary alicyclic amines) is 1. The number of benzene rings is 2. The van der Waals surface area contributed by atoms with Crippen LogP contribution in [0.1, 0.15) is 18.4 Å². The number of hydrogen-bond acceptors (Lipinski definition) is 4. The highest BCUT2D eigenvalue weighted by atomic mass is 32.2. The van der Waals surface area contributed by atoms with Crippen LogP contribution in [-0.4, -0.2) is 42.4 Å². The minimum absolute atomic E-state index is 0.363. The number of anilines is 1. The highest BCUT2D eigenvalue weighted by Crippen LogP contribution is 2.28. The van der Waals surface area contributed by atoms with Gasteiger partial charge in [0.2, 0.25) is 6.41 Å². The SMILES string of the molecule is CSc1ccc(N(CCc2ccccc2)SCC2CCCN2C=O)cc1. The van der Waals surface area contributed by atoms with Gasteiger partial charge in [-0.05, 0) is 67.3 Å². The second kappa shape index (κ2) is 9.93. The molecule has 5 heteroatoms. The standard InChI is InChI=1S/C21H26N2OS2/c1-25-21-11-9-19(10-12-21)23(15-13-18-6-3-2-4-7-18)26-16-20-8-5-14-22(20)17-24/h2-4,6-7,9-12,17,20H,5,8,13-16H2,1H3. The van der Waals surface area contributed by atoms with Crippen molar-refractivity contribution < 1.29 is 4.79 Å². The highest BCUT2D eigenvalue weighted by molar-refractivity contribution is 8.00. The van der Waals surface area contributed by atoms with Gasteiger partial charge in [-0.25, -0.2) is 0 Å². The molecule has 3 rings (SSSR count). The van der Waals surface area contributed by atoms with Gasteiger partial charge in [0.25, 0.3) is 0 Å². The lowest BCUT2D eigenvalue weighted by atomic mass is 10.1. The predicted octanol–water partition coefficient (Wildman–Crippen LogP) is 4.73. The number of carbonyl (C=O) groups is 1. The number of rotatable bonds is 9. The normalized spacial score (nSPS) is 16.7. The molecule has 0 saturated carbocycles. The van der Waals surface area contributed by atoms with Gasteiger partial charge < -0.3 is 9.21 Å². The fourth-order valence-corrected chi connectivity index (χ4v) is 4.85. The van der Waals surface area contributed by atoms with Crippen LogP contribution in [0.2, 0.25) is 0 Å². The first-order valence-corrected chi connectivity index (χ1v) is 11.3. The number of thioether (sulfide) groups is 1. The van der Waals surface area contributed by atoms with E-state index in [4.69, 9.17) is 0 Å². The van der Waals surface area contributed by atoms with E-state index in [9.17, 15) is 4.79 Å². The molecule has 0 N–H and O–H groups in total. The Morgan fingerprint density at radius 3 is 2.62 bits per heavy atom. The summed E-state index contributed by atoms with van der Waals surface area (Å²) in [5.74, 6) is 0.956. The lowest BCUT2D eigenvalue weighted by Crippen LogP contribution is -2.31. The van der Waals surface area contributed by atoms with E-state index >= 15 is 0 Å². The molecule has 2 aromatic carbocycles. The van der Waals surface area contributed by atoms with Gasteiger partial charge >= 0.3 is 0 Å². The molecule has 0 radical (unpaired) electrons. The van der Waals surface area contributed by atoms with Crippen molar-refractivity contribution >= 4 is 35.8 Å². The molecule has 0 bridgehead atoms. The van der Waals surface area contributed by atoms with Crippen molar-refractivity contribution in [3.63, 3.8) is 0 Å². The van der Waals surface area contributed by atoms with Gasteiger partial charge in [0.1, 0.15) is 0 Å².